The van der Waals surface area contributed by atoms with E-state index < -0.39 is 0 Å². The highest BCUT2D eigenvalue weighted by Gasteiger charge is 2.33. The van der Waals surface area contributed by atoms with Crippen molar-refractivity contribution in [3.05, 3.63) is 35.4 Å². The molecule has 0 aromatic heterocycles. The molecule has 4 nitrogen and oxygen atoms in total. The maximum absolute atomic E-state index is 11.0. The van der Waals surface area contributed by atoms with Crippen LogP contribution in [0.4, 0.5) is 0 Å². The van der Waals surface area contributed by atoms with Gasteiger partial charge in [-0.2, -0.15) is 0 Å². The van der Waals surface area contributed by atoms with E-state index in [2.05, 4.69) is 24.0 Å². The summed E-state index contributed by atoms with van der Waals surface area (Å²) < 4.78 is 5.15. The smallest absolute Gasteiger partial charge is 0.302 e. The zero-order valence-electron chi connectivity index (χ0n) is 12.2. The van der Waals surface area contributed by atoms with Crippen molar-refractivity contribution in [1.82, 2.24) is 4.90 Å². The van der Waals surface area contributed by atoms with Crippen LogP contribution in [-0.2, 0) is 16.1 Å². The summed E-state index contributed by atoms with van der Waals surface area (Å²) in [6.07, 6.45) is 1.92. The van der Waals surface area contributed by atoms with Crippen molar-refractivity contribution >= 4 is 5.97 Å². The van der Waals surface area contributed by atoms with E-state index >= 15 is 0 Å². The molecule has 1 aliphatic rings. The Morgan fingerprint density at radius 2 is 2.05 bits per heavy atom. The van der Waals surface area contributed by atoms with E-state index in [1.54, 1.807) is 0 Å². The number of likely N-dealkylation sites (tertiary alicyclic amines) is 1. The van der Waals surface area contributed by atoms with Gasteiger partial charge in [0, 0.05) is 25.6 Å². The van der Waals surface area contributed by atoms with E-state index in [4.69, 9.17) is 4.74 Å². The molecule has 0 spiro atoms. The Labute approximate surface area is 120 Å². The van der Waals surface area contributed by atoms with Crippen LogP contribution >= 0.6 is 0 Å². The molecule has 2 rings (SSSR count). The van der Waals surface area contributed by atoms with Crippen LogP contribution in [0.2, 0.25) is 0 Å². The number of benzene rings is 1. The highest BCUT2D eigenvalue weighted by atomic mass is 16.5. The number of carbonyl (C=O) groups excluding carboxylic acids is 1. The van der Waals surface area contributed by atoms with Gasteiger partial charge in [-0.15, -0.1) is 0 Å². The lowest BCUT2D eigenvalue weighted by Gasteiger charge is -2.29. The van der Waals surface area contributed by atoms with Gasteiger partial charge in [0.2, 0.25) is 0 Å². The van der Waals surface area contributed by atoms with Gasteiger partial charge in [-0.25, -0.2) is 0 Å². The van der Waals surface area contributed by atoms with Gasteiger partial charge >= 0.3 is 5.97 Å². The maximum Gasteiger partial charge on any atom is 0.302 e. The SMILES string of the molecule is CC(=O)OC[C@H]1CC[C@H](CO)N1Cc1ccccc1C. The molecule has 1 aromatic rings. The van der Waals surface area contributed by atoms with Gasteiger partial charge in [0.1, 0.15) is 6.61 Å². The van der Waals surface area contributed by atoms with Crippen LogP contribution in [0.5, 0.6) is 0 Å². The Bertz CT molecular complexity index is 461. The molecule has 1 aliphatic heterocycles. The zero-order valence-corrected chi connectivity index (χ0v) is 12.2. The molecule has 4 heteroatoms. The summed E-state index contributed by atoms with van der Waals surface area (Å²) in [6, 6.07) is 8.65. The van der Waals surface area contributed by atoms with Gasteiger partial charge in [-0.3, -0.25) is 9.69 Å². The summed E-state index contributed by atoms with van der Waals surface area (Å²) in [6.45, 7) is 4.90. The summed E-state index contributed by atoms with van der Waals surface area (Å²) in [5.74, 6) is -0.242. The van der Waals surface area contributed by atoms with Crippen LogP contribution in [-0.4, -0.2) is 41.3 Å². The fraction of sp³-hybridized carbons (Fsp3) is 0.562. The summed E-state index contributed by atoms with van der Waals surface area (Å²) >= 11 is 0. The first-order valence-corrected chi connectivity index (χ1v) is 7.16. The summed E-state index contributed by atoms with van der Waals surface area (Å²) in [5, 5.41) is 9.53. The first-order valence-electron chi connectivity index (χ1n) is 7.16. The molecule has 0 saturated carbocycles. The van der Waals surface area contributed by atoms with Crippen LogP contribution in [0, 0.1) is 6.92 Å². The Balaban J connectivity index is 2.07. The molecule has 0 unspecified atom stereocenters. The van der Waals surface area contributed by atoms with E-state index in [9.17, 15) is 9.90 Å². The predicted octanol–water partition coefficient (Wildman–Crippen LogP) is 1.88. The lowest BCUT2D eigenvalue weighted by Crippen LogP contribution is -2.40. The molecule has 1 heterocycles. The second-order valence-corrected chi connectivity index (χ2v) is 5.47. The molecule has 20 heavy (non-hydrogen) atoms. The van der Waals surface area contributed by atoms with Gasteiger partial charge in [0.05, 0.1) is 6.61 Å². The van der Waals surface area contributed by atoms with Crippen LogP contribution in [0.3, 0.4) is 0 Å². The van der Waals surface area contributed by atoms with Gasteiger partial charge in [-0.05, 0) is 30.9 Å². The second kappa shape index (κ2) is 6.86. The molecule has 1 fully saturated rings. The number of aliphatic hydroxyl groups is 1. The van der Waals surface area contributed by atoms with Crippen molar-refractivity contribution in [2.24, 2.45) is 0 Å². The standard InChI is InChI=1S/C16H23NO3/c1-12-5-3-4-6-14(12)9-17-15(10-18)7-8-16(17)11-20-13(2)19/h3-6,15-16,18H,7-11H2,1-2H3/t15-,16-/m1/s1. The fourth-order valence-corrected chi connectivity index (χ4v) is 2.85. The van der Waals surface area contributed by atoms with Crippen LogP contribution in [0.25, 0.3) is 0 Å². The highest BCUT2D eigenvalue weighted by molar-refractivity contribution is 5.65. The number of aryl methyl sites for hydroxylation is 1. The minimum atomic E-state index is -0.242. The molecule has 0 bridgehead atoms. The summed E-state index contributed by atoms with van der Waals surface area (Å²) in [4.78, 5) is 13.2. The summed E-state index contributed by atoms with van der Waals surface area (Å²) in [7, 11) is 0. The summed E-state index contributed by atoms with van der Waals surface area (Å²) in [5.41, 5.74) is 2.52. The minimum Gasteiger partial charge on any atom is -0.464 e. The van der Waals surface area contributed by atoms with Crippen LogP contribution < -0.4 is 0 Å². The fourth-order valence-electron chi connectivity index (χ4n) is 2.85. The van der Waals surface area contributed by atoms with Gasteiger partial charge < -0.3 is 9.84 Å². The molecular formula is C16H23NO3. The predicted molar refractivity (Wildman–Crippen MR) is 77.3 cm³/mol. The molecule has 0 aliphatic carbocycles. The van der Waals surface area contributed by atoms with Crippen molar-refractivity contribution in [3.63, 3.8) is 0 Å². The third kappa shape index (κ3) is 3.58. The third-order valence-corrected chi connectivity index (χ3v) is 4.08. The third-order valence-electron chi connectivity index (χ3n) is 4.08. The molecule has 0 amide bonds. The van der Waals surface area contributed by atoms with E-state index in [0.29, 0.717) is 6.61 Å². The quantitative estimate of drug-likeness (QED) is 0.835. The van der Waals surface area contributed by atoms with Crippen molar-refractivity contribution in [2.45, 2.75) is 45.3 Å². The highest BCUT2D eigenvalue weighted by Crippen LogP contribution is 2.27. The molecule has 1 saturated heterocycles. The van der Waals surface area contributed by atoms with Gasteiger partial charge in [0.15, 0.2) is 0 Å². The number of aliphatic hydroxyl groups excluding tert-OH is 1. The van der Waals surface area contributed by atoms with Gasteiger partial charge in [0.25, 0.3) is 0 Å². The first-order chi connectivity index (χ1) is 9.61. The molecule has 1 N–H and O–H groups in total. The van der Waals surface area contributed by atoms with Crippen molar-refractivity contribution in [1.29, 1.82) is 0 Å². The molecule has 2 atom stereocenters. The minimum absolute atomic E-state index is 0.155. The average molecular weight is 277 g/mol. The van der Waals surface area contributed by atoms with Crippen molar-refractivity contribution in [2.75, 3.05) is 13.2 Å². The van der Waals surface area contributed by atoms with Crippen molar-refractivity contribution in [3.8, 4) is 0 Å². The lowest BCUT2D eigenvalue weighted by atomic mass is 10.1. The number of carbonyl (C=O) groups is 1. The monoisotopic (exact) mass is 277 g/mol. The van der Waals surface area contributed by atoms with E-state index in [0.717, 1.165) is 19.4 Å². The van der Waals surface area contributed by atoms with E-state index in [1.807, 2.05) is 12.1 Å². The molecular weight excluding hydrogens is 254 g/mol. The van der Waals surface area contributed by atoms with Gasteiger partial charge in [-0.1, -0.05) is 24.3 Å². The topological polar surface area (TPSA) is 49.8 Å². The lowest BCUT2D eigenvalue weighted by molar-refractivity contribution is -0.142. The Morgan fingerprint density at radius 1 is 1.35 bits per heavy atom. The second-order valence-electron chi connectivity index (χ2n) is 5.47. The number of hydrogen-bond acceptors (Lipinski definition) is 4. The zero-order chi connectivity index (χ0) is 14.5. The normalized spacial score (nSPS) is 22.9. The first kappa shape index (κ1) is 15.0. The Morgan fingerprint density at radius 3 is 2.70 bits per heavy atom. The average Bonchev–Trinajstić information content (AvgIpc) is 2.81. The largest absolute Gasteiger partial charge is 0.464 e. The number of rotatable bonds is 5. The number of esters is 1. The van der Waals surface area contributed by atoms with Crippen LogP contribution in [0.1, 0.15) is 30.9 Å². The maximum atomic E-state index is 11.0. The van der Waals surface area contributed by atoms with Crippen LogP contribution in [0.15, 0.2) is 24.3 Å². The number of hydrogen-bond donors (Lipinski definition) is 1. The molecule has 110 valence electrons. The van der Waals surface area contributed by atoms with Crippen molar-refractivity contribution < 1.29 is 14.6 Å². The number of nitrogens with zero attached hydrogens (tertiary/aromatic N) is 1. The Hall–Kier alpha value is -1.39. The molecule has 1 aromatic carbocycles. The Kier molecular flexibility index (Phi) is 5.15. The van der Waals surface area contributed by atoms with E-state index in [-0.39, 0.29) is 24.7 Å². The molecule has 0 radical (unpaired) electrons. The van der Waals surface area contributed by atoms with E-state index in [1.165, 1.54) is 18.1 Å². The number of ether oxygens (including phenoxy) is 1.